The number of hydrogen-bond donors (Lipinski definition) is 2. The zero-order valence-corrected chi connectivity index (χ0v) is 15.0. The second kappa shape index (κ2) is 6.57. The fraction of sp³-hybridized carbons (Fsp3) is 0.500. The van der Waals surface area contributed by atoms with Crippen LogP contribution in [0.25, 0.3) is 11.3 Å². The Hall–Kier alpha value is -2.26. The van der Waals surface area contributed by atoms with Gasteiger partial charge in [-0.15, -0.1) is 11.3 Å². The van der Waals surface area contributed by atoms with Gasteiger partial charge in [0.1, 0.15) is 0 Å². The quantitative estimate of drug-likeness (QED) is 0.716. The molecule has 0 radical (unpaired) electrons. The Morgan fingerprint density at radius 2 is 2.04 bits per heavy atom. The lowest BCUT2D eigenvalue weighted by molar-refractivity contribution is -0.0553. The maximum atomic E-state index is 5.79. The highest BCUT2D eigenvalue weighted by molar-refractivity contribution is 7.09. The molecule has 0 spiro atoms. The standard InChI is InChI=1S/C16H20N6O2S/c1-16(2)8-10(5-6-23-16)18-13-12(17-9-11-4-3-7-25-11)19-14-15(20-13)22-24-21-14/h3-4,7,10H,5-6,8-9H2,1-2H3,(H,17,19,21)(H,18,20,22)/t10-/m0/s1. The van der Waals surface area contributed by atoms with Gasteiger partial charge in [0.25, 0.3) is 0 Å². The Morgan fingerprint density at radius 1 is 1.24 bits per heavy atom. The van der Waals surface area contributed by atoms with Crippen molar-refractivity contribution >= 4 is 34.3 Å². The molecule has 1 atom stereocenters. The maximum Gasteiger partial charge on any atom is 0.245 e. The second-order valence-electron chi connectivity index (χ2n) is 6.71. The molecule has 1 aliphatic rings. The minimum Gasteiger partial charge on any atom is -0.375 e. The number of fused-ring (bicyclic) bond motifs is 1. The van der Waals surface area contributed by atoms with Crippen LogP contribution in [0.1, 0.15) is 31.6 Å². The Balaban J connectivity index is 1.57. The first-order chi connectivity index (χ1) is 12.1. The van der Waals surface area contributed by atoms with Gasteiger partial charge >= 0.3 is 0 Å². The first-order valence-electron chi connectivity index (χ1n) is 8.26. The minimum atomic E-state index is -0.145. The molecule has 0 amide bonds. The van der Waals surface area contributed by atoms with E-state index in [1.54, 1.807) is 11.3 Å². The summed E-state index contributed by atoms with van der Waals surface area (Å²) in [4.78, 5) is 10.3. The highest BCUT2D eigenvalue weighted by atomic mass is 32.1. The van der Waals surface area contributed by atoms with Crippen LogP contribution < -0.4 is 10.6 Å². The average molecular weight is 360 g/mol. The number of ether oxygens (including phenoxy) is 1. The predicted octanol–water partition coefficient (Wildman–Crippen LogP) is 3.06. The van der Waals surface area contributed by atoms with Gasteiger partial charge in [-0.3, -0.25) is 0 Å². The highest BCUT2D eigenvalue weighted by Gasteiger charge is 2.29. The molecular formula is C16H20N6O2S. The first kappa shape index (κ1) is 16.2. The van der Waals surface area contributed by atoms with Crippen molar-refractivity contribution < 1.29 is 9.37 Å². The van der Waals surface area contributed by atoms with Crippen LogP contribution in [-0.4, -0.2) is 38.5 Å². The van der Waals surface area contributed by atoms with Gasteiger partial charge < -0.3 is 15.4 Å². The summed E-state index contributed by atoms with van der Waals surface area (Å²) in [7, 11) is 0. The Kier molecular flexibility index (Phi) is 4.26. The normalized spacial score (nSPS) is 19.8. The topological polar surface area (TPSA) is 98.0 Å². The Bertz CT molecular complexity index is 848. The van der Waals surface area contributed by atoms with Gasteiger partial charge in [-0.05, 0) is 48.4 Å². The van der Waals surface area contributed by atoms with E-state index in [1.807, 2.05) is 6.07 Å². The molecule has 1 saturated heterocycles. The SMILES string of the molecule is CC1(C)C[C@@H](Nc2nc3nonc3nc2NCc2cccs2)CCO1. The maximum absolute atomic E-state index is 5.79. The molecule has 0 saturated carbocycles. The smallest absolute Gasteiger partial charge is 0.245 e. The summed E-state index contributed by atoms with van der Waals surface area (Å²) >= 11 is 1.69. The van der Waals surface area contributed by atoms with Crippen molar-refractivity contribution in [1.29, 1.82) is 0 Å². The van der Waals surface area contributed by atoms with E-state index in [0.717, 1.165) is 19.4 Å². The summed E-state index contributed by atoms with van der Waals surface area (Å²) in [5, 5.41) is 16.5. The zero-order valence-electron chi connectivity index (χ0n) is 14.2. The lowest BCUT2D eigenvalue weighted by Crippen LogP contribution is -2.40. The van der Waals surface area contributed by atoms with E-state index < -0.39 is 0 Å². The van der Waals surface area contributed by atoms with Crippen molar-refractivity contribution in [1.82, 2.24) is 20.3 Å². The lowest BCUT2D eigenvalue weighted by atomic mass is 9.94. The van der Waals surface area contributed by atoms with Crippen LogP contribution in [0.15, 0.2) is 22.1 Å². The van der Waals surface area contributed by atoms with Crippen LogP contribution in [0.4, 0.5) is 11.6 Å². The van der Waals surface area contributed by atoms with Gasteiger partial charge in [-0.2, -0.15) is 0 Å². The van der Waals surface area contributed by atoms with Crippen LogP contribution in [0.2, 0.25) is 0 Å². The largest absolute Gasteiger partial charge is 0.375 e. The fourth-order valence-corrected chi connectivity index (χ4v) is 3.64. The molecule has 0 bridgehead atoms. The molecule has 3 aromatic heterocycles. The molecule has 8 nitrogen and oxygen atoms in total. The monoisotopic (exact) mass is 360 g/mol. The molecule has 2 N–H and O–H groups in total. The molecule has 0 aromatic carbocycles. The number of rotatable bonds is 5. The van der Waals surface area contributed by atoms with E-state index in [9.17, 15) is 0 Å². The van der Waals surface area contributed by atoms with Gasteiger partial charge in [0.2, 0.25) is 11.3 Å². The average Bonchev–Trinajstić information content (AvgIpc) is 3.22. The van der Waals surface area contributed by atoms with Crippen LogP contribution >= 0.6 is 11.3 Å². The molecule has 4 rings (SSSR count). The van der Waals surface area contributed by atoms with Gasteiger partial charge in [0.15, 0.2) is 11.6 Å². The van der Waals surface area contributed by atoms with E-state index in [4.69, 9.17) is 9.37 Å². The summed E-state index contributed by atoms with van der Waals surface area (Å²) < 4.78 is 10.5. The zero-order chi connectivity index (χ0) is 17.3. The van der Waals surface area contributed by atoms with E-state index >= 15 is 0 Å². The third kappa shape index (κ3) is 3.72. The van der Waals surface area contributed by atoms with Crippen molar-refractivity contribution in [2.45, 2.75) is 44.9 Å². The molecule has 132 valence electrons. The highest BCUT2D eigenvalue weighted by Crippen LogP contribution is 2.28. The van der Waals surface area contributed by atoms with Gasteiger partial charge in [0, 0.05) is 17.5 Å². The Morgan fingerprint density at radius 3 is 2.76 bits per heavy atom. The summed E-state index contributed by atoms with van der Waals surface area (Å²) in [6, 6.07) is 4.37. The van der Waals surface area contributed by atoms with Crippen LogP contribution in [-0.2, 0) is 11.3 Å². The molecular weight excluding hydrogens is 340 g/mol. The molecule has 3 aromatic rings. The third-order valence-electron chi connectivity index (χ3n) is 4.16. The number of aromatic nitrogens is 4. The molecule has 1 aliphatic heterocycles. The predicted molar refractivity (Wildman–Crippen MR) is 95.7 cm³/mol. The van der Waals surface area contributed by atoms with Gasteiger partial charge in [-0.1, -0.05) is 6.07 Å². The molecule has 0 aliphatic carbocycles. The second-order valence-corrected chi connectivity index (χ2v) is 7.74. The van der Waals surface area contributed by atoms with Crippen LogP contribution in [0, 0.1) is 0 Å². The van der Waals surface area contributed by atoms with Crippen molar-refractivity contribution in [3.05, 3.63) is 22.4 Å². The summed E-state index contributed by atoms with van der Waals surface area (Å²) in [6.07, 6.45) is 1.82. The number of nitrogens with zero attached hydrogens (tertiary/aromatic N) is 4. The van der Waals surface area contributed by atoms with E-state index in [2.05, 4.69) is 56.2 Å². The summed E-state index contributed by atoms with van der Waals surface area (Å²) in [5.74, 6) is 1.32. The number of nitrogens with one attached hydrogen (secondary N) is 2. The molecule has 9 heteroatoms. The fourth-order valence-electron chi connectivity index (χ4n) is 2.99. The van der Waals surface area contributed by atoms with Crippen molar-refractivity contribution in [3.63, 3.8) is 0 Å². The van der Waals surface area contributed by atoms with E-state index in [1.165, 1.54) is 4.88 Å². The number of hydrogen-bond acceptors (Lipinski definition) is 9. The molecule has 1 fully saturated rings. The van der Waals surface area contributed by atoms with E-state index in [0.29, 0.717) is 29.5 Å². The van der Waals surface area contributed by atoms with Gasteiger partial charge in [0.05, 0.1) is 12.1 Å². The molecule has 4 heterocycles. The molecule has 0 unspecified atom stereocenters. The minimum absolute atomic E-state index is 0.145. The summed E-state index contributed by atoms with van der Waals surface area (Å²) in [5.41, 5.74) is 0.648. The van der Waals surface area contributed by atoms with Crippen molar-refractivity contribution in [3.8, 4) is 0 Å². The van der Waals surface area contributed by atoms with Crippen molar-refractivity contribution in [2.75, 3.05) is 17.2 Å². The number of anilines is 2. The van der Waals surface area contributed by atoms with E-state index in [-0.39, 0.29) is 11.6 Å². The van der Waals surface area contributed by atoms with Crippen LogP contribution in [0.5, 0.6) is 0 Å². The third-order valence-corrected chi connectivity index (χ3v) is 5.04. The first-order valence-corrected chi connectivity index (χ1v) is 9.14. The van der Waals surface area contributed by atoms with Gasteiger partial charge in [-0.25, -0.2) is 14.6 Å². The molecule has 25 heavy (non-hydrogen) atoms. The van der Waals surface area contributed by atoms with Crippen molar-refractivity contribution in [2.24, 2.45) is 0 Å². The van der Waals surface area contributed by atoms with Crippen LogP contribution in [0.3, 0.4) is 0 Å². The lowest BCUT2D eigenvalue weighted by Gasteiger charge is -2.36. The summed E-state index contributed by atoms with van der Waals surface area (Å²) in [6.45, 7) is 5.61. The number of thiophene rings is 1. The Labute approximate surface area is 149 Å².